The van der Waals surface area contributed by atoms with Crippen molar-refractivity contribution in [3.8, 4) is 0 Å². The summed E-state index contributed by atoms with van der Waals surface area (Å²) in [4.78, 5) is 11.4. The lowest BCUT2D eigenvalue weighted by Crippen LogP contribution is -2.08. The molecule has 0 aliphatic carbocycles. The van der Waals surface area contributed by atoms with Crippen molar-refractivity contribution in [2.45, 2.75) is 20.0 Å². The molecule has 1 rings (SSSR count). The number of ether oxygens (including phenoxy) is 1. The molecule has 1 aromatic rings. The monoisotopic (exact) mass is 183 g/mol. The van der Waals surface area contributed by atoms with Crippen LogP contribution in [0.5, 0.6) is 0 Å². The van der Waals surface area contributed by atoms with Crippen LogP contribution in [0.15, 0.2) is 0 Å². The summed E-state index contributed by atoms with van der Waals surface area (Å²) in [6.45, 7) is 3.02. The minimum atomic E-state index is 0.127. The van der Waals surface area contributed by atoms with Crippen molar-refractivity contribution in [3.63, 3.8) is 0 Å². The van der Waals surface area contributed by atoms with Gasteiger partial charge in [0.2, 0.25) is 11.9 Å². The average molecular weight is 183 g/mol. The number of hydrogen-bond donors (Lipinski definition) is 2. The van der Waals surface area contributed by atoms with E-state index in [1.54, 1.807) is 0 Å². The molecule has 0 fully saturated rings. The summed E-state index contributed by atoms with van der Waals surface area (Å²) in [5.41, 5.74) is 10.7. The molecule has 0 aliphatic rings. The van der Waals surface area contributed by atoms with Gasteiger partial charge in [0.15, 0.2) is 5.82 Å². The van der Waals surface area contributed by atoms with Gasteiger partial charge in [-0.3, -0.25) is 0 Å². The summed E-state index contributed by atoms with van der Waals surface area (Å²) < 4.78 is 5.21. The van der Waals surface area contributed by atoms with Crippen LogP contribution < -0.4 is 11.5 Å². The number of nitrogens with zero attached hydrogens (tertiary/aromatic N) is 3. The van der Waals surface area contributed by atoms with Crippen LogP contribution in [0.3, 0.4) is 0 Å². The second kappa shape index (κ2) is 4.56. The fourth-order valence-corrected chi connectivity index (χ4v) is 0.829. The zero-order chi connectivity index (χ0) is 9.68. The molecule has 1 heterocycles. The lowest BCUT2D eigenvalue weighted by molar-refractivity contribution is 0.116. The average Bonchev–Trinajstić information content (AvgIpc) is 2.03. The van der Waals surface area contributed by atoms with Gasteiger partial charge in [-0.2, -0.15) is 15.0 Å². The Bertz CT molecular complexity index is 257. The van der Waals surface area contributed by atoms with Crippen molar-refractivity contribution >= 4 is 11.9 Å². The Labute approximate surface area is 76.3 Å². The van der Waals surface area contributed by atoms with Crippen LogP contribution in [0.4, 0.5) is 11.9 Å². The zero-order valence-corrected chi connectivity index (χ0v) is 7.53. The van der Waals surface area contributed by atoms with Crippen LogP contribution in [0.1, 0.15) is 19.2 Å². The zero-order valence-electron chi connectivity index (χ0n) is 7.53. The summed E-state index contributed by atoms with van der Waals surface area (Å²) in [7, 11) is 0. The molecule has 0 amide bonds. The Morgan fingerprint density at radius 1 is 1.15 bits per heavy atom. The van der Waals surface area contributed by atoms with Crippen molar-refractivity contribution in [1.82, 2.24) is 15.0 Å². The maximum atomic E-state index is 5.37. The number of rotatable bonds is 4. The van der Waals surface area contributed by atoms with Gasteiger partial charge in [-0.25, -0.2) is 0 Å². The van der Waals surface area contributed by atoms with Crippen LogP contribution in [0, 0.1) is 0 Å². The SMILES string of the molecule is CCCOCc1nc(N)nc(N)n1. The largest absolute Gasteiger partial charge is 0.373 e. The van der Waals surface area contributed by atoms with Crippen LogP contribution in [0.2, 0.25) is 0 Å². The van der Waals surface area contributed by atoms with Gasteiger partial charge >= 0.3 is 0 Å². The molecule has 0 bridgehead atoms. The number of hydrogen-bond acceptors (Lipinski definition) is 6. The first-order chi connectivity index (χ1) is 6.22. The van der Waals surface area contributed by atoms with Crippen LogP contribution >= 0.6 is 0 Å². The molecule has 0 aliphatic heterocycles. The van der Waals surface area contributed by atoms with Crippen molar-refractivity contribution in [2.75, 3.05) is 18.1 Å². The van der Waals surface area contributed by atoms with E-state index in [0.29, 0.717) is 19.0 Å². The van der Waals surface area contributed by atoms with Crippen molar-refractivity contribution in [1.29, 1.82) is 0 Å². The molecule has 0 aromatic carbocycles. The lowest BCUT2D eigenvalue weighted by atomic mass is 10.5. The van der Waals surface area contributed by atoms with E-state index in [0.717, 1.165) is 6.42 Å². The molecule has 4 N–H and O–H groups in total. The molecule has 6 nitrogen and oxygen atoms in total. The number of nitrogen functional groups attached to an aromatic ring is 2. The lowest BCUT2D eigenvalue weighted by Gasteiger charge is -2.02. The molecule has 13 heavy (non-hydrogen) atoms. The van der Waals surface area contributed by atoms with Gasteiger partial charge < -0.3 is 16.2 Å². The topological polar surface area (TPSA) is 99.9 Å². The van der Waals surface area contributed by atoms with Gasteiger partial charge in [0.1, 0.15) is 6.61 Å². The Morgan fingerprint density at radius 3 is 2.31 bits per heavy atom. The third kappa shape index (κ3) is 3.20. The van der Waals surface area contributed by atoms with Gasteiger partial charge in [-0.05, 0) is 6.42 Å². The van der Waals surface area contributed by atoms with Crippen LogP contribution in [0.25, 0.3) is 0 Å². The number of anilines is 2. The Morgan fingerprint density at radius 2 is 1.77 bits per heavy atom. The molecule has 0 saturated carbocycles. The van der Waals surface area contributed by atoms with E-state index in [1.165, 1.54) is 0 Å². The van der Waals surface area contributed by atoms with E-state index in [4.69, 9.17) is 16.2 Å². The fraction of sp³-hybridized carbons (Fsp3) is 0.571. The highest BCUT2D eigenvalue weighted by molar-refractivity contribution is 5.25. The minimum Gasteiger partial charge on any atom is -0.373 e. The van der Waals surface area contributed by atoms with Gasteiger partial charge in [0.05, 0.1) is 0 Å². The van der Waals surface area contributed by atoms with Crippen molar-refractivity contribution in [2.24, 2.45) is 0 Å². The molecule has 1 aromatic heterocycles. The van der Waals surface area contributed by atoms with Gasteiger partial charge in [0.25, 0.3) is 0 Å². The van der Waals surface area contributed by atoms with Gasteiger partial charge in [-0.15, -0.1) is 0 Å². The van der Waals surface area contributed by atoms with Crippen molar-refractivity contribution < 1.29 is 4.74 Å². The predicted octanol–water partition coefficient (Wildman–Crippen LogP) is -0.0374. The second-order valence-electron chi connectivity index (χ2n) is 2.52. The minimum absolute atomic E-state index is 0.127. The maximum Gasteiger partial charge on any atom is 0.225 e. The molecular formula is C7H13N5O. The van der Waals surface area contributed by atoms with Crippen molar-refractivity contribution in [3.05, 3.63) is 5.82 Å². The van der Waals surface area contributed by atoms with Gasteiger partial charge in [0, 0.05) is 6.61 Å². The Kier molecular flexibility index (Phi) is 3.39. The fourth-order valence-electron chi connectivity index (χ4n) is 0.829. The van der Waals surface area contributed by atoms with Crippen LogP contribution in [-0.4, -0.2) is 21.6 Å². The first kappa shape index (κ1) is 9.66. The number of nitrogens with two attached hydrogens (primary N) is 2. The standard InChI is InChI=1S/C7H13N5O/c1-2-3-13-4-5-10-6(8)12-7(9)11-5/h2-4H2,1H3,(H4,8,9,10,11,12). The first-order valence-electron chi connectivity index (χ1n) is 4.06. The van der Waals surface area contributed by atoms with Gasteiger partial charge in [-0.1, -0.05) is 6.92 Å². The molecule has 0 unspecified atom stereocenters. The quantitative estimate of drug-likeness (QED) is 0.635. The summed E-state index contributed by atoms with van der Waals surface area (Å²) in [5, 5.41) is 0. The molecule has 6 heteroatoms. The third-order valence-electron chi connectivity index (χ3n) is 1.30. The highest BCUT2D eigenvalue weighted by Crippen LogP contribution is 2.00. The summed E-state index contributed by atoms with van der Waals surface area (Å²) in [5.74, 6) is 0.726. The highest BCUT2D eigenvalue weighted by Gasteiger charge is 2.00. The summed E-state index contributed by atoms with van der Waals surface area (Å²) in [6, 6.07) is 0. The molecule has 0 saturated heterocycles. The van der Waals surface area contributed by atoms with Crippen LogP contribution in [-0.2, 0) is 11.3 Å². The molecule has 0 atom stereocenters. The van der Waals surface area contributed by atoms with E-state index >= 15 is 0 Å². The summed E-state index contributed by atoms with van der Waals surface area (Å²) >= 11 is 0. The van der Waals surface area contributed by atoms with E-state index in [2.05, 4.69) is 15.0 Å². The Balaban J connectivity index is 2.56. The Hall–Kier alpha value is -1.43. The molecule has 72 valence electrons. The van der Waals surface area contributed by atoms with E-state index in [1.807, 2.05) is 6.92 Å². The normalized spacial score (nSPS) is 10.2. The van der Waals surface area contributed by atoms with E-state index < -0.39 is 0 Å². The van der Waals surface area contributed by atoms with E-state index in [9.17, 15) is 0 Å². The predicted molar refractivity (Wildman–Crippen MR) is 48.6 cm³/mol. The molecule has 0 spiro atoms. The first-order valence-corrected chi connectivity index (χ1v) is 4.06. The maximum absolute atomic E-state index is 5.37. The smallest absolute Gasteiger partial charge is 0.225 e. The molecular weight excluding hydrogens is 170 g/mol. The number of aromatic nitrogens is 3. The highest BCUT2D eigenvalue weighted by atomic mass is 16.5. The molecule has 0 radical (unpaired) electrons. The second-order valence-corrected chi connectivity index (χ2v) is 2.52. The summed E-state index contributed by atoms with van der Waals surface area (Å²) in [6.07, 6.45) is 0.954. The van der Waals surface area contributed by atoms with E-state index in [-0.39, 0.29) is 11.9 Å². The third-order valence-corrected chi connectivity index (χ3v) is 1.30.